The molecule has 24 heavy (non-hydrogen) atoms. The second kappa shape index (κ2) is 5.74. The lowest BCUT2D eigenvalue weighted by molar-refractivity contribution is 0.0744. The van der Waals surface area contributed by atoms with E-state index in [9.17, 15) is 9.59 Å². The Labute approximate surface area is 141 Å². The molecule has 0 aliphatic carbocycles. The lowest BCUT2D eigenvalue weighted by atomic mass is 9.96. The highest BCUT2D eigenvalue weighted by Crippen LogP contribution is 2.28. The number of amides is 1. The van der Waals surface area contributed by atoms with E-state index in [0.29, 0.717) is 17.5 Å². The molecule has 3 aliphatic rings. The summed E-state index contributed by atoms with van der Waals surface area (Å²) in [5, 5.41) is 0.838. The van der Waals surface area contributed by atoms with Crippen molar-refractivity contribution in [2.45, 2.75) is 25.8 Å². The van der Waals surface area contributed by atoms with Crippen LogP contribution in [0.15, 0.2) is 29.1 Å². The molecule has 0 spiro atoms. The molecule has 1 aromatic heterocycles. The first-order valence-corrected chi connectivity index (χ1v) is 8.64. The van der Waals surface area contributed by atoms with Gasteiger partial charge in [-0.15, -0.1) is 0 Å². The largest absolute Gasteiger partial charge is 0.337 e. The van der Waals surface area contributed by atoms with Gasteiger partial charge in [-0.1, -0.05) is 11.6 Å². The Kier molecular flexibility index (Phi) is 3.68. The van der Waals surface area contributed by atoms with Crippen molar-refractivity contribution in [3.05, 3.63) is 45.7 Å². The second-order valence-electron chi connectivity index (χ2n) is 7.34. The van der Waals surface area contributed by atoms with Crippen molar-refractivity contribution >= 4 is 16.8 Å². The Morgan fingerprint density at radius 2 is 2.00 bits per heavy atom. The van der Waals surface area contributed by atoms with Crippen molar-refractivity contribution in [3.63, 3.8) is 0 Å². The van der Waals surface area contributed by atoms with Crippen LogP contribution < -0.4 is 5.56 Å². The molecule has 3 saturated heterocycles. The van der Waals surface area contributed by atoms with Crippen LogP contribution in [0.5, 0.6) is 0 Å². The Bertz CT molecular complexity index is 857. The van der Waals surface area contributed by atoms with E-state index in [4.69, 9.17) is 0 Å². The highest BCUT2D eigenvalue weighted by atomic mass is 16.2. The number of carbonyl (C=O) groups is 1. The first kappa shape index (κ1) is 15.4. The zero-order chi connectivity index (χ0) is 16.8. The number of pyridine rings is 1. The summed E-state index contributed by atoms with van der Waals surface area (Å²) in [6, 6.07) is 7.70. The van der Waals surface area contributed by atoms with Gasteiger partial charge in [0, 0.05) is 42.6 Å². The van der Waals surface area contributed by atoms with Gasteiger partial charge in [0.25, 0.3) is 5.91 Å². The molecule has 4 heterocycles. The number of hydrogen-bond donors (Lipinski definition) is 1. The van der Waals surface area contributed by atoms with Crippen molar-refractivity contribution in [2.75, 3.05) is 26.7 Å². The van der Waals surface area contributed by atoms with Gasteiger partial charge in [-0.2, -0.15) is 0 Å². The van der Waals surface area contributed by atoms with Gasteiger partial charge in [-0.3, -0.25) is 9.59 Å². The van der Waals surface area contributed by atoms with Gasteiger partial charge in [-0.25, -0.2) is 0 Å². The summed E-state index contributed by atoms with van der Waals surface area (Å²) in [6.07, 6.45) is 2.34. The molecule has 2 bridgehead atoms. The molecule has 2 atom stereocenters. The van der Waals surface area contributed by atoms with E-state index in [0.717, 1.165) is 42.5 Å². The van der Waals surface area contributed by atoms with Crippen LogP contribution in [0.3, 0.4) is 0 Å². The fourth-order valence-electron chi connectivity index (χ4n) is 4.20. The Morgan fingerprint density at radius 3 is 2.79 bits per heavy atom. The number of carbonyl (C=O) groups excluding carboxylic acids is 1. The minimum atomic E-state index is -0.218. The van der Waals surface area contributed by atoms with Crippen LogP contribution in [-0.2, 0) is 0 Å². The Morgan fingerprint density at radius 1 is 1.17 bits per heavy atom. The van der Waals surface area contributed by atoms with Gasteiger partial charge >= 0.3 is 0 Å². The second-order valence-corrected chi connectivity index (χ2v) is 7.34. The van der Waals surface area contributed by atoms with E-state index in [-0.39, 0.29) is 11.5 Å². The summed E-state index contributed by atoms with van der Waals surface area (Å²) in [5.74, 6) is 0.525. The topological polar surface area (TPSA) is 56.4 Å². The summed E-state index contributed by atoms with van der Waals surface area (Å²) in [4.78, 5) is 32.4. The molecule has 5 heteroatoms. The first-order valence-electron chi connectivity index (χ1n) is 8.64. The van der Waals surface area contributed by atoms with Crippen molar-refractivity contribution < 1.29 is 4.79 Å². The minimum absolute atomic E-state index is 0.0103. The van der Waals surface area contributed by atoms with Gasteiger partial charge < -0.3 is 14.8 Å². The monoisotopic (exact) mass is 325 g/mol. The summed E-state index contributed by atoms with van der Waals surface area (Å²) in [7, 11) is 2.15. The molecule has 2 aromatic rings. The lowest BCUT2D eigenvalue weighted by Gasteiger charge is -2.32. The molecule has 0 saturated carbocycles. The minimum Gasteiger partial charge on any atom is -0.337 e. The van der Waals surface area contributed by atoms with Crippen LogP contribution in [0.25, 0.3) is 10.9 Å². The van der Waals surface area contributed by atoms with Crippen LogP contribution in [-0.4, -0.2) is 53.4 Å². The molecule has 3 fully saturated rings. The molecule has 1 amide bonds. The summed E-state index contributed by atoms with van der Waals surface area (Å²) >= 11 is 0. The predicted molar refractivity (Wildman–Crippen MR) is 94.4 cm³/mol. The zero-order valence-corrected chi connectivity index (χ0v) is 14.2. The van der Waals surface area contributed by atoms with Gasteiger partial charge in [0.2, 0.25) is 5.56 Å². The SMILES string of the molecule is Cc1ccc2[nH]c(=O)cc(C(=O)N3C[C@@H]4CC[C@H](C3)N(C)C4)c2c1. The molecule has 0 radical (unpaired) electrons. The number of aromatic amines is 1. The predicted octanol–water partition coefficient (Wildman–Crippen LogP) is 2.00. The summed E-state index contributed by atoms with van der Waals surface area (Å²) < 4.78 is 0. The standard InChI is InChI=1S/C19H23N3O2/c1-12-3-6-17-15(7-12)16(8-18(23)20-17)19(24)22-10-13-4-5-14(11-22)21(2)9-13/h3,6-8,13-14H,4-5,9-11H2,1-2H3,(H,20,23)/t13-,14-/m1/s1. The van der Waals surface area contributed by atoms with E-state index in [1.165, 1.54) is 12.5 Å². The number of rotatable bonds is 1. The number of hydrogen-bond acceptors (Lipinski definition) is 3. The molecule has 3 aliphatic heterocycles. The zero-order valence-electron chi connectivity index (χ0n) is 14.2. The van der Waals surface area contributed by atoms with Gasteiger partial charge in [0.05, 0.1) is 5.56 Å². The maximum atomic E-state index is 13.2. The molecular formula is C19H23N3O2. The Hall–Kier alpha value is -2.14. The van der Waals surface area contributed by atoms with E-state index in [1.54, 1.807) is 0 Å². The molecule has 5 nitrogen and oxygen atoms in total. The summed E-state index contributed by atoms with van der Waals surface area (Å²) in [6.45, 7) is 4.61. The van der Waals surface area contributed by atoms with E-state index in [2.05, 4.69) is 16.9 Å². The van der Waals surface area contributed by atoms with Crippen LogP contribution in [0, 0.1) is 12.8 Å². The highest BCUT2D eigenvalue weighted by Gasteiger charge is 2.35. The van der Waals surface area contributed by atoms with Crippen LogP contribution >= 0.6 is 0 Å². The fraction of sp³-hybridized carbons (Fsp3) is 0.474. The maximum Gasteiger partial charge on any atom is 0.254 e. The normalized spacial score (nSPS) is 24.3. The van der Waals surface area contributed by atoms with Crippen LogP contribution in [0.1, 0.15) is 28.8 Å². The molecule has 1 N–H and O–H groups in total. The van der Waals surface area contributed by atoms with Crippen molar-refractivity contribution in [1.82, 2.24) is 14.8 Å². The van der Waals surface area contributed by atoms with Crippen molar-refractivity contribution in [2.24, 2.45) is 5.92 Å². The van der Waals surface area contributed by atoms with Gasteiger partial charge in [0.1, 0.15) is 0 Å². The number of H-pyrrole nitrogens is 1. The fourth-order valence-corrected chi connectivity index (χ4v) is 4.20. The van der Waals surface area contributed by atoms with Gasteiger partial charge in [0.15, 0.2) is 0 Å². The van der Waals surface area contributed by atoms with Crippen LogP contribution in [0.4, 0.5) is 0 Å². The first-order chi connectivity index (χ1) is 11.5. The number of nitrogens with one attached hydrogen (secondary N) is 1. The Balaban J connectivity index is 1.76. The average Bonchev–Trinajstić information content (AvgIpc) is 2.85. The number of benzene rings is 1. The van der Waals surface area contributed by atoms with Gasteiger partial charge in [-0.05, 0) is 44.9 Å². The number of aryl methyl sites for hydroxylation is 1. The number of aromatic nitrogens is 1. The van der Waals surface area contributed by atoms with E-state index >= 15 is 0 Å². The smallest absolute Gasteiger partial charge is 0.254 e. The number of piperidine rings is 1. The number of nitrogens with zero attached hydrogens (tertiary/aromatic N) is 2. The number of fused-ring (bicyclic) bond motifs is 5. The lowest BCUT2D eigenvalue weighted by Crippen LogP contribution is -2.42. The molecule has 0 unspecified atom stereocenters. The number of likely N-dealkylation sites (N-methyl/N-ethyl adjacent to an activating group) is 1. The summed E-state index contributed by atoms with van der Waals surface area (Å²) in [5.41, 5.74) is 2.12. The van der Waals surface area contributed by atoms with Crippen LogP contribution in [0.2, 0.25) is 0 Å². The third-order valence-corrected chi connectivity index (χ3v) is 5.50. The highest BCUT2D eigenvalue weighted by molar-refractivity contribution is 6.06. The third kappa shape index (κ3) is 2.63. The third-order valence-electron chi connectivity index (χ3n) is 5.50. The maximum absolute atomic E-state index is 13.2. The molecule has 5 rings (SSSR count). The van der Waals surface area contributed by atoms with Crippen molar-refractivity contribution in [3.8, 4) is 0 Å². The molecular weight excluding hydrogens is 302 g/mol. The van der Waals surface area contributed by atoms with Crippen molar-refractivity contribution in [1.29, 1.82) is 0 Å². The molecule has 126 valence electrons. The van der Waals surface area contributed by atoms with E-state index in [1.807, 2.05) is 30.0 Å². The average molecular weight is 325 g/mol. The van der Waals surface area contributed by atoms with E-state index < -0.39 is 0 Å². The molecule has 1 aromatic carbocycles. The quantitative estimate of drug-likeness (QED) is 0.872.